The Labute approximate surface area is 328 Å². The third-order valence-corrected chi connectivity index (χ3v) is 9.36. The molecule has 3 aromatic rings. The van der Waals surface area contributed by atoms with E-state index in [0.29, 0.717) is 64.1 Å². The first kappa shape index (κ1) is 45.1. The second-order valence-electron chi connectivity index (χ2n) is 13.4. The normalized spacial score (nSPS) is 18.1. The topological polar surface area (TPSA) is 225 Å². The molecule has 1 saturated heterocycles. The lowest BCUT2D eigenvalue weighted by Crippen LogP contribution is -2.64. The summed E-state index contributed by atoms with van der Waals surface area (Å²) in [5.74, 6) is -2.78. The number of anilines is 2. The summed E-state index contributed by atoms with van der Waals surface area (Å²) in [4.78, 5) is 48.1. The Balaban J connectivity index is 0.000000492. The van der Waals surface area contributed by atoms with E-state index in [9.17, 15) is 51.1 Å². The van der Waals surface area contributed by atoms with Crippen LogP contribution < -0.4 is 15.5 Å². The highest BCUT2D eigenvalue weighted by Gasteiger charge is 2.50. The van der Waals surface area contributed by atoms with Gasteiger partial charge in [0.1, 0.15) is 17.2 Å². The van der Waals surface area contributed by atoms with Crippen LogP contribution in [0.4, 0.5) is 42.5 Å². The van der Waals surface area contributed by atoms with Crippen LogP contribution in [0.1, 0.15) is 84.5 Å². The number of carbonyl (C=O) groups is 3. The second-order valence-corrected chi connectivity index (χ2v) is 13.4. The molecule has 1 fully saturated rings. The van der Waals surface area contributed by atoms with Gasteiger partial charge in [-0.25, -0.2) is 19.7 Å². The number of morpholine rings is 1. The predicted octanol–water partition coefficient (Wildman–Crippen LogP) is 5.83. The monoisotopic (exact) mass is 825 g/mol. The van der Waals surface area contributed by atoms with Crippen molar-refractivity contribution in [2.45, 2.75) is 75.8 Å². The number of nitrogens with zero attached hydrogens (tertiary/aromatic N) is 6. The first-order valence-corrected chi connectivity index (χ1v) is 18.0. The summed E-state index contributed by atoms with van der Waals surface area (Å²) >= 11 is 0. The maximum atomic E-state index is 13.6. The van der Waals surface area contributed by atoms with Crippen LogP contribution in [0, 0.1) is 11.3 Å². The summed E-state index contributed by atoms with van der Waals surface area (Å²) in [6.45, 7) is 3.95. The SMILES string of the molecule is CCC1(N)C(c2ncc(N3CCOCC3)c(Cc3cc(C#N)cc(C(F)(F)F)c3)n2)Cc2nc(C(F)(F)F)ccc2N1C(=O)O.O=C(O)CCCOCCCC(=O)O. The van der Waals surface area contributed by atoms with Gasteiger partial charge in [-0.3, -0.25) is 14.5 Å². The van der Waals surface area contributed by atoms with Crippen molar-refractivity contribution in [2.24, 2.45) is 5.73 Å². The zero-order valence-corrected chi connectivity index (χ0v) is 31.1. The van der Waals surface area contributed by atoms with E-state index in [1.54, 1.807) is 13.0 Å². The summed E-state index contributed by atoms with van der Waals surface area (Å²) in [5, 5.41) is 36.1. The number of fused-ring (bicyclic) bond motifs is 1. The van der Waals surface area contributed by atoms with Gasteiger partial charge in [0.05, 0.1) is 65.3 Å². The highest BCUT2D eigenvalue weighted by molar-refractivity contribution is 5.89. The minimum atomic E-state index is -4.79. The van der Waals surface area contributed by atoms with E-state index in [-0.39, 0.29) is 66.1 Å². The van der Waals surface area contributed by atoms with E-state index in [2.05, 4.69) is 15.0 Å². The van der Waals surface area contributed by atoms with Crippen molar-refractivity contribution >= 4 is 29.4 Å². The number of carboxylic acid groups (broad SMARTS) is 3. The van der Waals surface area contributed by atoms with Gasteiger partial charge in [-0.15, -0.1) is 0 Å². The Morgan fingerprint density at radius 1 is 0.966 bits per heavy atom. The molecule has 5 rings (SSSR count). The van der Waals surface area contributed by atoms with Crippen LogP contribution in [0.25, 0.3) is 0 Å². The molecular weight excluding hydrogens is 784 g/mol. The number of hydrogen-bond acceptors (Lipinski definition) is 11. The molecule has 2 atom stereocenters. The smallest absolute Gasteiger partial charge is 0.433 e. The van der Waals surface area contributed by atoms with Crippen molar-refractivity contribution in [3.05, 3.63) is 76.1 Å². The first-order chi connectivity index (χ1) is 27.3. The average Bonchev–Trinajstić information content (AvgIpc) is 3.16. The molecule has 21 heteroatoms. The number of amides is 1. The molecule has 2 unspecified atom stereocenters. The van der Waals surface area contributed by atoms with Gasteiger partial charge in [0.2, 0.25) is 0 Å². The van der Waals surface area contributed by atoms with Gasteiger partial charge >= 0.3 is 30.4 Å². The lowest BCUT2D eigenvalue weighted by molar-refractivity contribution is -0.141. The van der Waals surface area contributed by atoms with Gasteiger partial charge < -0.3 is 35.4 Å². The minimum absolute atomic E-state index is 0.00744. The molecule has 0 bridgehead atoms. The number of hydrogen-bond donors (Lipinski definition) is 4. The standard InChI is InChI=1S/C29H27F6N7O3.C8H14O5/c1-2-27(37)19(13-21-22(42(27)26(43)44)3-4-24(39-21)29(33,34)35)25-38-15-23(41-5-7-45-8-6-41)20(40-25)12-16-9-17(14-36)11-18(10-16)28(30,31)32;9-7(10)3-1-5-13-6-2-4-8(11)12/h3-4,9-11,15,19H,2,5-8,12-13,37H2,1H3,(H,43,44);1-6H2,(H,9,10)(H,11,12). The van der Waals surface area contributed by atoms with Crippen LogP contribution in [0.15, 0.2) is 36.5 Å². The summed E-state index contributed by atoms with van der Waals surface area (Å²) in [6.07, 6.45) is -8.86. The minimum Gasteiger partial charge on any atom is -0.481 e. The Bertz CT molecular complexity index is 1970. The number of aliphatic carboxylic acids is 2. The van der Waals surface area contributed by atoms with Crippen LogP contribution in [-0.2, 0) is 44.3 Å². The average molecular weight is 826 g/mol. The molecule has 1 amide bonds. The third kappa shape index (κ3) is 11.5. The molecule has 1 aromatic carbocycles. The van der Waals surface area contributed by atoms with E-state index in [1.807, 2.05) is 4.90 Å². The van der Waals surface area contributed by atoms with Crippen LogP contribution in [0.3, 0.4) is 0 Å². The maximum Gasteiger partial charge on any atom is 0.433 e. The van der Waals surface area contributed by atoms with E-state index < -0.39 is 53.2 Å². The molecule has 2 aromatic heterocycles. The van der Waals surface area contributed by atoms with Crippen LogP contribution in [0.5, 0.6) is 0 Å². The van der Waals surface area contributed by atoms with Crippen LogP contribution in [-0.4, -0.2) is 93.5 Å². The van der Waals surface area contributed by atoms with Crippen molar-refractivity contribution in [3.8, 4) is 6.07 Å². The predicted molar refractivity (Wildman–Crippen MR) is 192 cm³/mol. The zero-order valence-electron chi connectivity index (χ0n) is 31.1. The molecule has 0 aliphatic carbocycles. The number of nitrogens with two attached hydrogens (primary N) is 1. The summed E-state index contributed by atoms with van der Waals surface area (Å²) < 4.78 is 92.0. The molecule has 0 spiro atoms. The molecule has 4 heterocycles. The number of nitriles is 1. The van der Waals surface area contributed by atoms with E-state index in [0.717, 1.165) is 23.1 Å². The molecular formula is C37H41F6N7O8. The number of pyridine rings is 1. The highest BCUT2D eigenvalue weighted by atomic mass is 19.4. The van der Waals surface area contributed by atoms with Gasteiger partial charge in [0.15, 0.2) is 0 Å². The summed E-state index contributed by atoms with van der Waals surface area (Å²) in [6, 6.07) is 6.40. The van der Waals surface area contributed by atoms with Crippen LogP contribution in [0.2, 0.25) is 0 Å². The fourth-order valence-electron chi connectivity index (χ4n) is 6.52. The summed E-state index contributed by atoms with van der Waals surface area (Å²) in [7, 11) is 0. The Hall–Kier alpha value is -5.59. The van der Waals surface area contributed by atoms with Gasteiger partial charge in [-0.05, 0) is 55.2 Å². The summed E-state index contributed by atoms with van der Waals surface area (Å²) in [5.41, 5.74) is 3.16. The fourth-order valence-corrected chi connectivity index (χ4v) is 6.52. The molecule has 2 aliphatic rings. The van der Waals surface area contributed by atoms with Crippen molar-refractivity contribution in [1.82, 2.24) is 15.0 Å². The first-order valence-electron chi connectivity index (χ1n) is 18.0. The lowest BCUT2D eigenvalue weighted by Gasteiger charge is -2.47. The van der Waals surface area contributed by atoms with Crippen molar-refractivity contribution in [1.29, 1.82) is 5.26 Å². The molecule has 0 saturated carbocycles. The maximum absolute atomic E-state index is 13.6. The second kappa shape index (κ2) is 19.2. The number of benzene rings is 1. The number of halogens is 6. The van der Waals surface area contributed by atoms with Crippen molar-refractivity contribution < 1.29 is 65.5 Å². The molecule has 15 nitrogen and oxygen atoms in total. The Morgan fingerprint density at radius 2 is 1.60 bits per heavy atom. The molecule has 58 heavy (non-hydrogen) atoms. The van der Waals surface area contributed by atoms with E-state index >= 15 is 0 Å². The van der Waals surface area contributed by atoms with Crippen molar-refractivity contribution in [2.75, 3.05) is 49.3 Å². The van der Waals surface area contributed by atoms with E-state index in [4.69, 9.17) is 25.4 Å². The quantitative estimate of drug-likeness (QED) is 0.118. The lowest BCUT2D eigenvalue weighted by atomic mass is 9.80. The molecule has 5 N–H and O–H groups in total. The number of alkyl halides is 6. The fraction of sp³-hybridized carbons (Fsp3) is 0.486. The van der Waals surface area contributed by atoms with Crippen molar-refractivity contribution in [3.63, 3.8) is 0 Å². The Morgan fingerprint density at radius 3 is 2.14 bits per heavy atom. The van der Waals surface area contributed by atoms with Gasteiger partial charge in [-0.2, -0.15) is 31.6 Å². The number of aromatic nitrogens is 3. The van der Waals surface area contributed by atoms with Gasteiger partial charge in [0, 0.05) is 52.0 Å². The zero-order chi connectivity index (χ0) is 42.8. The third-order valence-electron chi connectivity index (χ3n) is 9.36. The molecule has 2 aliphatic heterocycles. The number of ether oxygens (including phenoxy) is 2. The molecule has 0 radical (unpaired) electrons. The number of carboxylic acids is 2. The van der Waals surface area contributed by atoms with Gasteiger partial charge in [0.25, 0.3) is 0 Å². The Kier molecular flexibility index (Phi) is 15.0. The van der Waals surface area contributed by atoms with Crippen LogP contribution >= 0.6 is 0 Å². The van der Waals surface area contributed by atoms with Gasteiger partial charge in [-0.1, -0.05) is 6.92 Å². The highest BCUT2D eigenvalue weighted by Crippen LogP contribution is 2.45. The van der Waals surface area contributed by atoms with E-state index in [1.165, 1.54) is 12.3 Å². The molecule has 314 valence electrons. The number of rotatable bonds is 13. The largest absolute Gasteiger partial charge is 0.481 e.